The van der Waals surface area contributed by atoms with Crippen molar-refractivity contribution >= 4 is 28.4 Å². The van der Waals surface area contributed by atoms with Crippen LogP contribution in [0.1, 0.15) is 125 Å². The van der Waals surface area contributed by atoms with E-state index >= 15 is 0 Å². The first kappa shape index (κ1) is 28.1. The predicted molar refractivity (Wildman–Crippen MR) is 154 cm³/mol. The highest BCUT2D eigenvalue weighted by molar-refractivity contribution is 6.08. The van der Waals surface area contributed by atoms with E-state index in [2.05, 4.69) is 12.1 Å². The summed E-state index contributed by atoms with van der Waals surface area (Å²) in [6.45, 7) is 4.82. The standard InChI is InChI=1S/C33H46N2O4/c1-3-29(37)33-30-16-17-35(33)31(38)22-34-21-28(23(2)36)27-20-26(24-14-15-24)19-25(32(27)34)13-11-9-7-5-4-6-8-10-12-18-39-30/h19-21,24,30,33H,3-18,22H2,1-2H3/t30-,33-/m1/s1. The maximum absolute atomic E-state index is 13.8. The first-order valence-electron chi connectivity index (χ1n) is 15.6. The molecular formula is C33H46N2O4. The van der Waals surface area contributed by atoms with Gasteiger partial charge in [-0.1, -0.05) is 57.9 Å². The zero-order valence-electron chi connectivity index (χ0n) is 24.0. The fourth-order valence-electron chi connectivity index (χ4n) is 6.74. The molecule has 0 radical (unpaired) electrons. The Morgan fingerprint density at radius 3 is 2.31 bits per heavy atom. The van der Waals surface area contributed by atoms with Gasteiger partial charge in [-0.3, -0.25) is 14.4 Å². The molecule has 1 aromatic heterocycles. The van der Waals surface area contributed by atoms with E-state index in [4.69, 9.17) is 4.74 Å². The molecule has 0 spiro atoms. The quantitative estimate of drug-likeness (QED) is 0.407. The molecule has 0 unspecified atom stereocenters. The predicted octanol–water partition coefficient (Wildman–Crippen LogP) is 6.75. The fourth-order valence-corrected chi connectivity index (χ4v) is 6.74. The van der Waals surface area contributed by atoms with Crippen molar-refractivity contribution in [3.05, 3.63) is 35.0 Å². The molecule has 39 heavy (non-hydrogen) atoms. The summed E-state index contributed by atoms with van der Waals surface area (Å²) in [4.78, 5) is 41.3. The van der Waals surface area contributed by atoms with Crippen LogP contribution in [0.3, 0.4) is 0 Å². The zero-order chi connectivity index (χ0) is 27.4. The van der Waals surface area contributed by atoms with Gasteiger partial charge >= 0.3 is 0 Å². The van der Waals surface area contributed by atoms with Crippen LogP contribution >= 0.6 is 0 Å². The number of amides is 1. The van der Waals surface area contributed by atoms with E-state index in [0.29, 0.717) is 37.5 Å². The number of fused-ring (bicyclic) bond motifs is 2. The van der Waals surface area contributed by atoms with Crippen LogP contribution in [0.5, 0.6) is 0 Å². The highest BCUT2D eigenvalue weighted by Crippen LogP contribution is 2.43. The van der Waals surface area contributed by atoms with Crippen molar-refractivity contribution in [2.24, 2.45) is 0 Å². The minimum atomic E-state index is -0.511. The summed E-state index contributed by atoms with van der Waals surface area (Å²) in [6, 6.07) is 4.04. The minimum Gasteiger partial charge on any atom is -0.376 e. The second-order valence-corrected chi connectivity index (χ2v) is 12.1. The summed E-state index contributed by atoms with van der Waals surface area (Å²) in [5, 5.41) is 0.987. The Bertz CT molecular complexity index is 1190. The number of aryl methyl sites for hydroxylation is 1. The molecule has 1 saturated heterocycles. The molecule has 2 aliphatic heterocycles. The van der Waals surface area contributed by atoms with Crippen molar-refractivity contribution in [1.29, 1.82) is 0 Å². The Morgan fingerprint density at radius 2 is 1.64 bits per heavy atom. The number of Topliss-reactive ketones (excluding diaryl/α,β-unsaturated/α-hetero) is 2. The zero-order valence-corrected chi connectivity index (χ0v) is 24.0. The number of benzene rings is 1. The largest absolute Gasteiger partial charge is 0.376 e. The molecule has 1 aliphatic carbocycles. The molecule has 1 saturated carbocycles. The SMILES string of the molecule is CCC(=O)[C@@H]1[C@H]2CCN1C(=O)Cn1cc(C(C)=O)c3cc(C4CC4)cc(c31)CCCCCCCCCCCO2. The van der Waals surface area contributed by atoms with E-state index in [1.807, 2.05) is 17.7 Å². The molecule has 1 amide bonds. The van der Waals surface area contributed by atoms with Gasteiger partial charge in [-0.15, -0.1) is 0 Å². The van der Waals surface area contributed by atoms with E-state index in [9.17, 15) is 14.4 Å². The molecule has 3 heterocycles. The van der Waals surface area contributed by atoms with Crippen molar-refractivity contribution in [3.63, 3.8) is 0 Å². The molecule has 0 N–H and O–H groups in total. The monoisotopic (exact) mass is 534 g/mol. The number of carbonyl (C=O) groups is 3. The third-order valence-electron chi connectivity index (χ3n) is 9.07. The third kappa shape index (κ3) is 6.48. The Balaban J connectivity index is 1.49. The van der Waals surface area contributed by atoms with Crippen LogP contribution < -0.4 is 0 Å². The topological polar surface area (TPSA) is 68.6 Å². The summed E-state index contributed by atoms with van der Waals surface area (Å²) in [6.07, 6.45) is 17.0. The molecule has 1 aromatic carbocycles. The lowest BCUT2D eigenvalue weighted by Gasteiger charge is -2.27. The maximum Gasteiger partial charge on any atom is 0.243 e. The smallest absolute Gasteiger partial charge is 0.243 e. The number of nitrogens with zero attached hydrogens (tertiary/aromatic N) is 2. The van der Waals surface area contributed by atoms with E-state index in [1.165, 1.54) is 62.5 Å². The average molecular weight is 535 g/mol. The van der Waals surface area contributed by atoms with Crippen LogP contribution in [0.25, 0.3) is 10.9 Å². The van der Waals surface area contributed by atoms with Crippen LogP contribution in [0.15, 0.2) is 18.3 Å². The van der Waals surface area contributed by atoms with Gasteiger partial charge in [0.15, 0.2) is 11.6 Å². The normalized spacial score (nSPS) is 24.2. The van der Waals surface area contributed by atoms with Crippen LogP contribution in [-0.2, 0) is 27.3 Å². The van der Waals surface area contributed by atoms with Gasteiger partial charge in [-0.25, -0.2) is 0 Å². The van der Waals surface area contributed by atoms with Gasteiger partial charge in [0.1, 0.15) is 12.6 Å². The maximum atomic E-state index is 13.8. The number of aromatic nitrogens is 1. The Labute approximate surface area is 233 Å². The highest BCUT2D eigenvalue weighted by atomic mass is 16.5. The minimum absolute atomic E-state index is 0.0318. The van der Waals surface area contributed by atoms with Gasteiger partial charge < -0.3 is 14.2 Å². The van der Waals surface area contributed by atoms with Crippen LogP contribution in [-0.4, -0.2) is 52.2 Å². The van der Waals surface area contributed by atoms with Crippen molar-refractivity contribution in [2.75, 3.05) is 13.2 Å². The molecule has 3 aliphatic rings. The highest BCUT2D eigenvalue weighted by Gasteiger charge is 2.41. The number of ketones is 2. The first-order valence-corrected chi connectivity index (χ1v) is 15.6. The van der Waals surface area contributed by atoms with Crippen LogP contribution in [0.4, 0.5) is 0 Å². The van der Waals surface area contributed by atoms with Gasteiger partial charge in [-0.2, -0.15) is 0 Å². The van der Waals surface area contributed by atoms with E-state index in [-0.39, 0.29) is 30.1 Å². The number of carbonyl (C=O) groups excluding carboxylic acids is 3. The van der Waals surface area contributed by atoms with Gasteiger partial charge in [0, 0.05) is 36.7 Å². The summed E-state index contributed by atoms with van der Waals surface area (Å²) in [5.41, 5.74) is 4.32. The van der Waals surface area contributed by atoms with Gasteiger partial charge in [0.2, 0.25) is 5.91 Å². The molecule has 2 bridgehead atoms. The third-order valence-corrected chi connectivity index (χ3v) is 9.07. The van der Waals surface area contributed by atoms with Crippen molar-refractivity contribution in [1.82, 2.24) is 9.47 Å². The number of hydrogen-bond acceptors (Lipinski definition) is 4. The Kier molecular flexibility index (Phi) is 9.21. The number of ether oxygens (including phenoxy) is 1. The second-order valence-electron chi connectivity index (χ2n) is 12.1. The fraction of sp³-hybridized carbons (Fsp3) is 0.667. The molecule has 2 aromatic rings. The Morgan fingerprint density at radius 1 is 0.949 bits per heavy atom. The summed E-state index contributed by atoms with van der Waals surface area (Å²) < 4.78 is 8.22. The van der Waals surface area contributed by atoms with E-state index in [0.717, 1.165) is 36.6 Å². The molecule has 5 rings (SSSR count). The molecule has 2 atom stereocenters. The lowest BCUT2D eigenvalue weighted by molar-refractivity contribution is -0.140. The van der Waals surface area contributed by atoms with E-state index in [1.54, 1.807) is 11.8 Å². The second kappa shape index (κ2) is 12.8. The van der Waals surface area contributed by atoms with Crippen molar-refractivity contribution in [3.8, 4) is 0 Å². The van der Waals surface area contributed by atoms with Crippen molar-refractivity contribution in [2.45, 2.75) is 128 Å². The summed E-state index contributed by atoms with van der Waals surface area (Å²) >= 11 is 0. The van der Waals surface area contributed by atoms with E-state index < -0.39 is 6.04 Å². The first-order chi connectivity index (χ1) is 19.0. The number of hydrogen-bond donors (Lipinski definition) is 0. The van der Waals surface area contributed by atoms with Crippen molar-refractivity contribution < 1.29 is 19.1 Å². The Hall–Kier alpha value is -2.47. The van der Waals surface area contributed by atoms with Crippen LogP contribution in [0, 0.1) is 0 Å². The van der Waals surface area contributed by atoms with Gasteiger partial charge in [0.25, 0.3) is 0 Å². The van der Waals surface area contributed by atoms with Gasteiger partial charge in [0.05, 0.1) is 11.6 Å². The number of rotatable bonds is 4. The average Bonchev–Trinajstić information content (AvgIpc) is 3.59. The van der Waals surface area contributed by atoms with Crippen LogP contribution in [0.2, 0.25) is 0 Å². The molecule has 6 heteroatoms. The van der Waals surface area contributed by atoms with Gasteiger partial charge in [-0.05, 0) is 68.6 Å². The molecule has 212 valence electrons. The lowest BCUT2D eigenvalue weighted by atomic mass is 9.96. The molecular weight excluding hydrogens is 488 g/mol. The lowest BCUT2D eigenvalue weighted by Crippen LogP contribution is -2.46. The summed E-state index contributed by atoms with van der Waals surface area (Å²) in [7, 11) is 0. The molecule has 2 fully saturated rings. The summed E-state index contributed by atoms with van der Waals surface area (Å²) in [5.74, 6) is 0.638. The molecule has 6 nitrogen and oxygen atoms in total.